The van der Waals surface area contributed by atoms with Crippen molar-refractivity contribution in [2.24, 2.45) is 5.73 Å². The highest BCUT2D eigenvalue weighted by Crippen LogP contribution is 2.43. The van der Waals surface area contributed by atoms with Crippen LogP contribution in [0.3, 0.4) is 0 Å². The number of amides is 1. The first-order valence-electron chi connectivity index (χ1n) is 6.86. The van der Waals surface area contributed by atoms with Crippen molar-refractivity contribution in [3.8, 4) is 5.75 Å². The maximum Gasteiger partial charge on any atom is 0.248 e. The number of primary amides is 1. The van der Waals surface area contributed by atoms with Crippen molar-refractivity contribution in [2.45, 2.75) is 25.4 Å². The van der Waals surface area contributed by atoms with Crippen LogP contribution in [0.2, 0.25) is 0 Å². The van der Waals surface area contributed by atoms with Gasteiger partial charge in [-0.1, -0.05) is 37.3 Å². The van der Waals surface area contributed by atoms with Crippen LogP contribution in [-0.4, -0.2) is 12.0 Å². The van der Waals surface area contributed by atoms with Crippen molar-refractivity contribution < 1.29 is 9.53 Å². The molecule has 3 rings (SSSR count). The molecule has 2 aromatic carbocycles. The van der Waals surface area contributed by atoms with Crippen molar-refractivity contribution in [3.05, 3.63) is 65.2 Å². The Bertz CT molecular complexity index is 637. The fourth-order valence-electron chi connectivity index (χ4n) is 2.86. The highest BCUT2D eigenvalue weighted by molar-refractivity contribution is 5.93. The molecule has 2 unspecified atom stereocenters. The van der Waals surface area contributed by atoms with Gasteiger partial charge in [-0.25, -0.2) is 0 Å². The second-order valence-electron chi connectivity index (χ2n) is 5.07. The monoisotopic (exact) mass is 267 g/mol. The molecule has 102 valence electrons. The summed E-state index contributed by atoms with van der Waals surface area (Å²) in [6, 6.07) is 15.7. The van der Waals surface area contributed by atoms with Gasteiger partial charge in [-0.2, -0.15) is 0 Å². The van der Waals surface area contributed by atoms with Gasteiger partial charge in [-0.15, -0.1) is 0 Å². The Morgan fingerprint density at radius 2 is 1.95 bits per heavy atom. The lowest BCUT2D eigenvalue weighted by Gasteiger charge is -2.18. The summed E-state index contributed by atoms with van der Waals surface area (Å²) < 4.78 is 6.01. The van der Waals surface area contributed by atoms with E-state index in [-0.39, 0.29) is 12.0 Å². The first-order chi connectivity index (χ1) is 9.70. The molecule has 0 aliphatic carbocycles. The summed E-state index contributed by atoms with van der Waals surface area (Å²) in [5.74, 6) is 0.616. The summed E-state index contributed by atoms with van der Waals surface area (Å²) in [7, 11) is 0. The van der Waals surface area contributed by atoms with Crippen LogP contribution in [0, 0.1) is 0 Å². The quantitative estimate of drug-likeness (QED) is 0.929. The smallest absolute Gasteiger partial charge is 0.248 e. The first kappa shape index (κ1) is 12.7. The summed E-state index contributed by atoms with van der Waals surface area (Å²) in [5, 5.41) is 0. The molecule has 2 atom stereocenters. The van der Waals surface area contributed by atoms with Gasteiger partial charge in [0.15, 0.2) is 0 Å². The number of ether oxygens (including phenoxy) is 1. The van der Waals surface area contributed by atoms with Gasteiger partial charge in [0, 0.05) is 17.0 Å². The van der Waals surface area contributed by atoms with Crippen molar-refractivity contribution in [3.63, 3.8) is 0 Å². The number of benzene rings is 2. The van der Waals surface area contributed by atoms with E-state index in [9.17, 15) is 4.79 Å². The molecule has 20 heavy (non-hydrogen) atoms. The predicted octanol–water partition coefficient (Wildman–Crippen LogP) is 3.09. The lowest BCUT2D eigenvalue weighted by molar-refractivity contribution is 0.1000. The van der Waals surface area contributed by atoms with Gasteiger partial charge in [0.25, 0.3) is 0 Å². The molecule has 0 spiro atoms. The Kier molecular flexibility index (Phi) is 3.18. The van der Waals surface area contributed by atoms with E-state index in [4.69, 9.17) is 10.5 Å². The highest BCUT2D eigenvalue weighted by atomic mass is 16.5. The molecule has 1 aliphatic rings. The van der Waals surface area contributed by atoms with Gasteiger partial charge in [-0.05, 0) is 30.2 Å². The third-order valence-electron chi connectivity index (χ3n) is 3.84. The van der Waals surface area contributed by atoms with Crippen LogP contribution in [-0.2, 0) is 0 Å². The SMILES string of the molecule is CCC1Oc2ccc(C(N)=O)cc2C1c1ccccc1. The molecule has 0 radical (unpaired) electrons. The lowest BCUT2D eigenvalue weighted by atomic mass is 9.86. The van der Waals surface area contributed by atoms with E-state index in [1.165, 1.54) is 5.56 Å². The molecule has 0 aromatic heterocycles. The average Bonchev–Trinajstić information content (AvgIpc) is 2.85. The molecule has 1 aliphatic heterocycles. The standard InChI is InChI=1S/C17H17NO2/c1-2-14-16(11-6-4-3-5-7-11)13-10-12(17(18)19)8-9-15(13)20-14/h3-10,14,16H,2H2,1H3,(H2,18,19). The summed E-state index contributed by atoms with van der Waals surface area (Å²) >= 11 is 0. The zero-order chi connectivity index (χ0) is 14.1. The Balaban J connectivity index is 2.10. The lowest BCUT2D eigenvalue weighted by Crippen LogP contribution is -2.18. The molecule has 1 amide bonds. The molecular formula is C17H17NO2. The molecule has 3 heteroatoms. The second-order valence-corrected chi connectivity index (χ2v) is 5.07. The van der Waals surface area contributed by atoms with Crippen molar-refractivity contribution >= 4 is 5.91 Å². The van der Waals surface area contributed by atoms with Crippen LogP contribution in [0.25, 0.3) is 0 Å². The summed E-state index contributed by atoms with van der Waals surface area (Å²) in [4.78, 5) is 11.4. The van der Waals surface area contributed by atoms with Crippen LogP contribution in [0.1, 0.15) is 40.7 Å². The zero-order valence-electron chi connectivity index (χ0n) is 11.4. The highest BCUT2D eigenvalue weighted by Gasteiger charge is 2.34. The fraction of sp³-hybridized carbons (Fsp3) is 0.235. The van der Waals surface area contributed by atoms with Crippen LogP contribution < -0.4 is 10.5 Å². The molecule has 2 aromatic rings. The minimum absolute atomic E-state index is 0.107. The first-order valence-corrected chi connectivity index (χ1v) is 6.86. The summed E-state index contributed by atoms with van der Waals surface area (Å²) in [6.07, 6.45) is 1.02. The van der Waals surface area contributed by atoms with Crippen LogP contribution in [0.15, 0.2) is 48.5 Å². The maximum atomic E-state index is 11.4. The minimum atomic E-state index is -0.403. The molecule has 1 heterocycles. The minimum Gasteiger partial charge on any atom is -0.489 e. The number of hydrogen-bond acceptors (Lipinski definition) is 2. The molecule has 0 saturated carbocycles. The molecular weight excluding hydrogens is 250 g/mol. The topological polar surface area (TPSA) is 52.3 Å². The van der Waals surface area contributed by atoms with E-state index in [1.54, 1.807) is 6.07 Å². The van der Waals surface area contributed by atoms with Gasteiger partial charge in [0.1, 0.15) is 11.9 Å². The summed E-state index contributed by atoms with van der Waals surface area (Å²) in [6.45, 7) is 2.11. The van der Waals surface area contributed by atoms with E-state index in [1.807, 2.05) is 30.3 Å². The van der Waals surface area contributed by atoms with E-state index in [2.05, 4.69) is 19.1 Å². The molecule has 0 bridgehead atoms. The second kappa shape index (κ2) is 5.00. The third-order valence-corrected chi connectivity index (χ3v) is 3.84. The van der Waals surface area contributed by atoms with Gasteiger partial charge >= 0.3 is 0 Å². The Morgan fingerprint density at radius 3 is 2.60 bits per heavy atom. The van der Waals surface area contributed by atoms with Gasteiger partial charge < -0.3 is 10.5 Å². The average molecular weight is 267 g/mol. The van der Waals surface area contributed by atoms with E-state index < -0.39 is 5.91 Å². The van der Waals surface area contributed by atoms with Crippen molar-refractivity contribution in [2.75, 3.05) is 0 Å². The largest absolute Gasteiger partial charge is 0.489 e. The predicted molar refractivity (Wildman–Crippen MR) is 78.0 cm³/mol. The number of fused-ring (bicyclic) bond motifs is 1. The molecule has 0 fully saturated rings. The number of nitrogens with two attached hydrogens (primary N) is 1. The van der Waals surface area contributed by atoms with Gasteiger partial charge in [0.2, 0.25) is 5.91 Å². The van der Waals surface area contributed by atoms with Crippen LogP contribution in [0.5, 0.6) is 5.75 Å². The number of hydrogen-bond donors (Lipinski definition) is 1. The normalized spacial score (nSPS) is 20.2. The zero-order valence-corrected chi connectivity index (χ0v) is 11.4. The van der Waals surface area contributed by atoms with Gasteiger partial charge in [-0.3, -0.25) is 4.79 Å². The van der Waals surface area contributed by atoms with Crippen molar-refractivity contribution in [1.82, 2.24) is 0 Å². The Morgan fingerprint density at radius 1 is 1.20 bits per heavy atom. The number of rotatable bonds is 3. The number of carbonyl (C=O) groups excluding carboxylic acids is 1. The molecule has 2 N–H and O–H groups in total. The molecule has 0 saturated heterocycles. The Hall–Kier alpha value is -2.29. The fourth-order valence-corrected chi connectivity index (χ4v) is 2.86. The number of carbonyl (C=O) groups is 1. The van der Waals surface area contributed by atoms with E-state index in [0.29, 0.717) is 5.56 Å². The van der Waals surface area contributed by atoms with Crippen LogP contribution in [0.4, 0.5) is 0 Å². The van der Waals surface area contributed by atoms with Crippen LogP contribution >= 0.6 is 0 Å². The van der Waals surface area contributed by atoms with Gasteiger partial charge in [0.05, 0.1) is 0 Å². The maximum absolute atomic E-state index is 11.4. The van der Waals surface area contributed by atoms with Crippen molar-refractivity contribution in [1.29, 1.82) is 0 Å². The molecule has 3 nitrogen and oxygen atoms in total. The van der Waals surface area contributed by atoms with E-state index >= 15 is 0 Å². The van der Waals surface area contributed by atoms with E-state index in [0.717, 1.165) is 17.7 Å². The third kappa shape index (κ3) is 2.05. The Labute approximate surface area is 118 Å². The summed E-state index contributed by atoms with van der Waals surface area (Å²) in [5.41, 5.74) is 8.17.